The summed E-state index contributed by atoms with van der Waals surface area (Å²) in [6.45, 7) is 3.91. The lowest BCUT2D eigenvalue weighted by Crippen LogP contribution is -2.15. The predicted octanol–water partition coefficient (Wildman–Crippen LogP) is 5.95. The van der Waals surface area contributed by atoms with E-state index in [4.69, 9.17) is 21.1 Å². The molecule has 3 aromatic carbocycles. The highest BCUT2D eigenvalue weighted by Crippen LogP contribution is 2.32. The summed E-state index contributed by atoms with van der Waals surface area (Å²) in [5, 5.41) is 12.9. The molecule has 0 fully saturated rings. The van der Waals surface area contributed by atoms with Gasteiger partial charge < -0.3 is 14.8 Å². The molecule has 180 valence electrons. The highest BCUT2D eigenvalue weighted by Gasteiger charge is 2.18. The average molecular weight is 509 g/mol. The Morgan fingerprint density at radius 3 is 2.37 bits per heavy atom. The third-order valence-electron chi connectivity index (χ3n) is 5.36. The third kappa shape index (κ3) is 5.61. The predicted molar refractivity (Wildman–Crippen MR) is 140 cm³/mol. The van der Waals surface area contributed by atoms with Crippen molar-refractivity contribution in [3.05, 3.63) is 76.8 Å². The van der Waals surface area contributed by atoms with Crippen LogP contribution >= 0.6 is 23.4 Å². The molecule has 9 heteroatoms. The summed E-state index contributed by atoms with van der Waals surface area (Å²) in [6.07, 6.45) is 0. The van der Waals surface area contributed by atoms with Crippen molar-refractivity contribution in [3.63, 3.8) is 0 Å². The van der Waals surface area contributed by atoms with Crippen molar-refractivity contribution in [2.24, 2.45) is 0 Å². The Hall–Kier alpha value is -3.49. The minimum atomic E-state index is -0.195. The Morgan fingerprint density at radius 1 is 1.00 bits per heavy atom. The number of hydrogen-bond donors (Lipinski definition) is 1. The van der Waals surface area contributed by atoms with E-state index in [1.54, 1.807) is 19.2 Å². The van der Waals surface area contributed by atoms with Gasteiger partial charge in [0.25, 0.3) is 0 Å². The summed E-state index contributed by atoms with van der Waals surface area (Å²) in [7, 11) is 3.17. The van der Waals surface area contributed by atoms with Crippen molar-refractivity contribution in [3.8, 4) is 28.6 Å². The van der Waals surface area contributed by atoms with Gasteiger partial charge in [-0.25, -0.2) is 0 Å². The lowest BCUT2D eigenvalue weighted by Gasteiger charge is -2.13. The van der Waals surface area contributed by atoms with Crippen LogP contribution in [0.5, 0.6) is 11.5 Å². The van der Waals surface area contributed by atoms with Crippen LogP contribution in [-0.4, -0.2) is 40.6 Å². The Balaban J connectivity index is 1.60. The van der Waals surface area contributed by atoms with Gasteiger partial charge in [0.05, 0.1) is 25.7 Å². The molecule has 1 N–H and O–H groups in total. The Bertz CT molecular complexity index is 1340. The molecule has 35 heavy (non-hydrogen) atoms. The third-order valence-corrected chi connectivity index (χ3v) is 6.70. The van der Waals surface area contributed by atoms with Crippen LogP contribution in [0.2, 0.25) is 5.02 Å². The summed E-state index contributed by atoms with van der Waals surface area (Å²) in [5.74, 6) is 1.88. The second-order valence-electron chi connectivity index (χ2n) is 7.84. The first kappa shape index (κ1) is 24.6. The first-order chi connectivity index (χ1) is 16.9. The number of ether oxygens (including phenoxy) is 2. The Kier molecular flexibility index (Phi) is 7.63. The van der Waals surface area contributed by atoms with Crippen molar-refractivity contribution in [2.75, 3.05) is 25.3 Å². The molecule has 0 radical (unpaired) electrons. The molecular formula is C26H25ClN4O3S. The zero-order chi connectivity index (χ0) is 24.9. The molecule has 0 aliphatic heterocycles. The number of thioether (sulfide) groups is 1. The maximum absolute atomic E-state index is 12.8. The fourth-order valence-electron chi connectivity index (χ4n) is 3.46. The number of nitrogens with zero attached hydrogens (tertiary/aromatic N) is 3. The van der Waals surface area contributed by atoms with Gasteiger partial charge in [0.2, 0.25) is 5.91 Å². The minimum Gasteiger partial charge on any atom is -0.497 e. The van der Waals surface area contributed by atoms with Gasteiger partial charge in [-0.05, 0) is 61.9 Å². The van der Waals surface area contributed by atoms with Crippen LogP contribution in [0.25, 0.3) is 17.1 Å². The zero-order valence-electron chi connectivity index (χ0n) is 19.8. The number of amides is 1. The maximum atomic E-state index is 12.8. The van der Waals surface area contributed by atoms with E-state index in [9.17, 15) is 4.79 Å². The number of benzene rings is 3. The highest BCUT2D eigenvalue weighted by molar-refractivity contribution is 7.99. The van der Waals surface area contributed by atoms with Crippen LogP contribution in [0.15, 0.2) is 65.8 Å². The number of hydrogen-bond acceptors (Lipinski definition) is 6. The Morgan fingerprint density at radius 2 is 1.71 bits per heavy atom. The van der Waals surface area contributed by atoms with E-state index in [0.717, 1.165) is 28.1 Å². The summed E-state index contributed by atoms with van der Waals surface area (Å²) in [4.78, 5) is 12.8. The maximum Gasteiger partial charge on any atom is 0.234 e. The van der Waals surface area contributed by atoms with E-state index in [1.807, 2.05) is 66.9 Å². The number of methoxy groups -OCH3 is 2. The molecule has 0 atom stereocenters. The van der Waals surface area contributed by atoms with E-state index >= 15 is 0 Å². The van der Waals surface area contributed by atoms with E-state index in [2.05, 4.69) is 15.5 Å². The van der Waals surface area contributed by atoms with Crippen molar-refractivity contribution in [1.29, 1.82) is 0 Å². The number of carbonyl (C=O) groups is 1. The monoisotopic (exact) mass is 508 g/mol. The van der Waals surface area contributed by atoms with Crippen LogP contribution in [0.1, 0.15) is 11.1 Å². The normalized spacial score (nSPS) is 10.8. The zero-order valence-corrected chi connectivity index (χ0v) is 21.4. The van der Waals surface area contributed by atoms with E-state index in [1.165, 1.54) is 18.9 Å². The number of aryl methyl sites for hydroxylation is 2. The van der Waals surface area contributed by atoms with Gasteiger partial charge in [-0.3, -0.25) is 9.36 Å². The molecule has 1 amide bonds. The lowest BCUT2D eigenvalue weighted by molar-refractivity contribution is -0.113. The molecule has 7 nitrogen and oxygen atoms in total. The molecule has 0 saturated heterocycles. The highest BCUT2D eigenvalue weighted by atomic mass is 35.5. The SMILES string of the molecule is COc1ccc(-c2nnc(SCC(=O)Nc3cc(C)c(Cl)cc3OC)n2-c2ccc(C)cc2)cc1. The van der Waals surface area contributed by atoms with Gasteiger partial charge >= 0.3 is 0 Å². The lowest BCUT2D eigenvalue weighted by atomic mass is 10.2. The molecule has 0 spiro atoms. The van der Waals surface area contributed by atoms with Crippen LogP contribution in [0, 0.1) is 13.8 Å². The number of rotatable bonds is 8. The molecular weight excluding hydrogens is 484 g/mol. The summed E-state index contributed by atoms with van der Waals surface area (Å²) >= 11 is 7.48. The first-order valence-electron chi connectivity index (χ1n) is 10.8. The fourth-order valence-corrected chi connectivity index (χ4v) is 4.37. The fraction of sp³-hybridized carbons (Fsp3) is 0.192. The van der Waals surface area contributed by atoms with E-state index < -0.39 is 0 Å². The van der Waals surface area contributed by atoms with Gasteiger partial charge in [-0.1, -0.05) is 41.1 Å². The van der Waals surface area contributed by atoms with Crippen molar-refractivity contribution >= 4 is 35.0 Å². The topological polar surface area (TPSA) is 78.3 Å². The van der Waals surface area contributed by atoms with Crippen molar-refractivity contribution in [1.82, 2.24) is 14.8 Å². The molecule has 4 aromatic rings. The van der Waals surface area contributed by atoms with Gasteiger partial charge in [0.1, 0.15) is 11.5 Å². The molecule has 0 aliphatic rings. The molecule has 1 heterocycles. The molecule has 0 unspecified atom stereocenters. The quantitative estimate of drug-likeness (QED) is 0.296. The van der Waals surface area contributed by atoms with Crippen molar-refractivity contribution < 1.29 is 14.3 Å². The Labute approximate surface area is 213 Å². The number of nitrogens with one attached hydrogen (secondary N) is 1. The number of halogens is 1. The standard InChI is InChI=1S/C26H25ClN4O3S/c1-16-5-9-19(10-6-16)31-25(18-7-11-20(33-3)12-8-18)29-30-26(31)35-15-24(32)28-22-13-17(2)21(27)14-23(22)34-4/h5-14H,15H2,1-4H3,(H,28,32). The molecule has 4 rings (SSSR count). The van der Waals surface area contributed by atoms with Gasteiger partial charge in [-0.2, -0.15) is 0 Å². The van der Waals surface area contributed by atoms with Crippen LogP contribution < -0.4 is 14.8 Å². The largest absolute Gasteiger partial charge is 0.497 e. The summed E-state index contributed by atoms with van der Waals surface area (Å²) < 4.78 is 12.6. The van der Waals surface area contributed by atoms with Crippen LogP contribution in [0.4, 0.5) is 5.69 Å². The number of aromatic nitrogens is 3. The number of carbonyl (C=O) groups excluding carboxylic acids is 1. The number of anilines is 1. The minimum absolute atomic E-state index is 0.136. The molecule has 0 saturated carbocycles. The van der Waals surface area contributed by atoms with Crippen LogP contribution in [0.3, 0.4) is 0 Å². The van der Waals surface area contributed by atoms with E-state index in [0.29, 0.717) is 27.4 Å². The van der Waals surface area contributed by atoms with Gasteiger partial charge in [0, 0.05) is 22.3 Å². The van der Waals surface area contributed by atoms with Gasteiger partial charge in [0.15, 0.2) is 11.0 Å². The molecule has 1 aromatic heterocycles. The van der Waals surface area contributed by atoms with Gasteiger partial charge in [-0.15, -0.1) is 10.2 Å². The van der Waals surface area contributed by atoms with Crippen molar-refractivity contribution in [2.45, 2.75) is 19.0 Å². The van der Waals surface area contributed by atoms with Crippen LogP contribution in [-0.2, 0) is 4.79 Å². The van der Waals surface area contributed by atoms with E-state index in [-0.39, 0.29) is 11.7 Å². The summed E-state index contributed by atoms with van der Waals surface area (Å²) in [5.41, 5.74) is 4.35. The molecule has 0 aliphatic carbocycles. The smallest absolute Gasteiger partial charge is 0.234 e. The average Bonchev–Trinajstić information content (AvgIpc) is 3.29. The molecule has 0 bridgehead atoms. The summed E-state index contributed by atoms with van der Waals surface area (Å²) in [6, 6.07) is 19.2. The first-order valence-corrected chi connectivity index (χ1v) is 12.2. The second kappa shape index (κ2) is 10.8. The second-order valence-corrected chi connectivity index (χ2v) is 9.19.